The van der Waals surface area contributed by atoms with E-state index in [9.17, 15) is 14.7 Å². The number of hydrogen-bond acceptors (Lipinski definition) is 5. The lowest BCUT2D eigenvalue weighted by atomic mass is 9.98. The van der Waals surface area contributed by atoms with Gasteiger partial charge in [0.25, 0.3) is 0 Å². The van der Waals surface area contributed by atoms with E-state index in [0.29, 0.717) is 30.4 Å². The van der Waals surface area contributed by atoms with Gasteiger partial charge >= 0.3 is 6.09 Å². The van der Waals surface area contributed by atoms with Gasteiger partial charge in [-0.25, -0.2) is 4.79 Å². The number of ether oxygens (including phenoxy) is 2. The molecule has 1 aliphatic rings. The zero-order valence-corrected chi connectivity index (χ0v) is 18.3. The smallest absolute Gasteiger partial charge is 0.407 e. The molecule has 0 spiro atoms. The summed E-state index contributed by atoms with van der Waals surface area (Å²) in [7, 11) is 1.42. The lowest BCUT2D eigenvalue weighted by Crippen LogP contribution is -2.26. The number of phenols is 1. The second-order valence-electron chi connectivity index (χ2n) is 7.71. The first-order chi connectivity index (χ1) is 16.1. The molecule has 0 saturated carbocycles. The van der Waals surface area contributed by atoms with E-state index in [2.05, 4.69) is 29.6 Å². The summed E-state index contributed by atoms with van der Waals surface area (Å²) in [6, 6.07) is 19.3. The van der Waals surface area contributed by atoms with Crippen molar-refractivity contribution in [3.63, 3.8) is 0 Å². The molecule has 0 aliphatic heterocycles. The molecule has 3 aromatic rings. The first kappa shape index (κ1) is 22.1. The molecule has 0 saturated heterocycles. The van der Waals surface area contributed by atoms with Crippen LogP contribution < -0.4 is 10.1 Å². The number of aromatic hydroxyl groups is 1. The highest BCUT2D eigenvalue weighted by atomic mass is 16.5. The van der Waals surface area contributed by atoms with Gasteiger partial charge in [0.1, 0.15) is 6.61 Å². The molecule has 6 nitrogen and oxygen atoms in total. The van der Waals surface area contributed by atoms with Crippen LogP contribution in [0.2, 0.25) is 0 Å². The fourth-order valence-corrected chi connectivity index (χ4v) is 4.13. The number of hydrogen-bond donors (Lipinski definition) is 2. The summed E-state index contributed by atoms with van der Waals surface area (Å²) >= 11 is 0. The molecule has 168 valence electrons. The van der Waals surface area contributed by atoms with Crippen molar-refractivity contribution in [2.75, 3.05) is 20.3 Å². The Morgan fingerprint density at radius 2 is 1.70 bits per heavy atom. The summed E-state index contributed by atoms with van der Waals surface area (Å²) in [5, 5.41) is 12.7. The Bertz CT molecular complexity index is 1160. The number of methoxy groups -OCH3 is 1. The van der Waals surface area contributed by atoms with Crippen LogP contribution >= 0.6 is 0 Å². The van der Waals surface area contributed by atoms with Gasteiger partial charge in [-0.05, 0) is 46.4 Å². The van der Waals surface area contributed by atoms with Gasteiger partial charge < -0.3 is 19.9 Å². The van der Waals surface area contributed by atoms with Crippen molar-refractivity contribution in [3.05, 3.63) is 89.0 Å². The molecule has 1 amide bonds. The van der Waals surface area contributed by atoms with Crippen molar-refractivity contribution in [2.45, 2.75) is 12.3 Å². The number of phenolic OH excluding ortho intramolecular Hbond substituents is 1. The third kappa shape index (κ3) is 4.75. The minimum Gasteiger partial charge on any atom is -0.504 e. The number of benzene rings is 3. The van der Waals surface area contributed by atoms with Crippen molar-refractivity contribution in [2.24, 2.45) is 0 Å². The molecule has 4 rings (SSSR count). The van der Waals surface area contributed by atoms with Crippen molar-refractivity contribution in [1.82, 2.24) is 5.32 Å². The normalized spacial score (nSPS) is 12.3. The fourth-order valence-electron chi connectivity index (χ4n) is 4.13. The zero-order chi connectivity index (χ0) is 23.2. The molecule has 0 atom stereocenters. The number of nitrogens with one attached hydrogen (secondary N) is 1. The number of aldehydes is 1. The predicted octanol–water partition coefficient (Wildman–Crippen LogP) is 5.16. The van der Waals surface area contributed by atoms with Crippen LogP contribution in [0.1, 0.15) is 39.4 Å². The molecule has 0 bridgehead atoms. The summed E-state index contributed by atoms with van der Waals surface area (Å²) in [4.78, 5) is 23.5. The van der Waals surface area contributed by atoms with Gasteiger partial charge in [0, 0.05) is 18.0 Å². The first-order valence-corrected chi connectivity index (χ1v) is 10.7. The van der Waals surface area contributed by atoms with E-state index < -0.39 is 6.09 Å². The molecule has 33 heavy (non-hydrogen) atoms. The molecule has 1 aliphatic carbocycles. The standard InChI is InChI=1S/C27H25NO5/c1-32-26-15-19(16-29)18(14-25(26)30)8-6-7-13-28-27(31)33-17-24-22-11-4-2-9-20(22)21-10-3-5-12-23(21)24/h2-6,8-12,14-16,24,30H,7,13,17H2,1H3,(H,28,31). The maximum Gasteiger partial charge on any atom is 0.407 e. The van der Waals surface area contributed by atoms with Crippen molar-refractivity contribution in [1.29, 1.82) is 0 Å². The van der Waals surface area contributed by atoms with Gasteiger partial charge in [-0.15, -0.1) is 0 Å². The Labute approximate surface area is 192 Å². The average molecular weight is 443 g/mol. The molecule has 0 heterocycles. The highest BCUT2D eigenvalue weighted by Gasteiger charge is 2.28. The van der Waals surface area contributed by atoms with E-state index >= 15 is 0 Å². The van der Waals surface area contributed by atoms with Crippen LogP contribution in [0.4, 0.5) is 4.79 Å². The van der Waals surface area contributed by atoms with E-state index in [1.54, 1.807) is 6.08 Å². The predicted molar refractivity (Wildman–Crippen MR) is 127 cm³/mol. The molecule has 0 radical (unpaired) electrons. The maximum absolute atomic E-state index is 12.2. The summed E-state index contributed by atoms with van der Waals surface area (Å²) in [6.45, 7) is 0.648. The first-order valence-electron chi connectivity index (χ1n) is 10.7. The Kier molecular flexibility index (Phi) is 6.74. The Morgan fingerprint density at radius 3 is 2.33 bits per heavy atom. The van der Waals surface area contributed by atoms with Crippen LogP contribution in [0.3, 0.4) is 0 Å². The minimum atomic E-state index is -0.471. The molecule has 3 aromatic carbocycles. The van der Waals surface area contributed by atoms with E-state index in [-0.39, 0.29) is 24.0 Å². The van der Waals surface area contributed by atoms with Gasteiger partial charge in [0.05, 0.1) is 7.11 Å². The number of fused-ring (bicyclic) bond motifs is 3. The molecular formula is C27H25NO5. The zero-order valence-electron chi connectivity index (χ0n) is 18.3. The second kappa shape index (κ2) is 10.0. The summed E-state index contributed by atoms with van der Waals surface area (Å²) in [5.41, 5.74) is 5.69. The molecule has 0 unspecified atom stereocenters. The molecule has 0 aromatic heterocycles. The minimum absolute atomic E-state index is 0.0209. The van der Waals surface area contributed by atoms with Gasteiger partial charge in [0.15, 0.2) is 17.8 Å². The SMILES string of the molecule is COc1cc(C=O)c(C=CCCNC(=O)OCC2c3ccccc3-c3ccccc32)cc1O. The summed E-state index contributed by atoms with van der Waals surface area (Å²) in [5.74, 6) is 0.221. The van der Waals surface area contributed by atoms with Crippen molar-refractivity contribution in [3.8, 4) is 22.6 Å². The topological polar surface area (TPSA) is 84.9 Å². The van der Waals surface area contributed by atoms with Crippen LogP contribution in [-0.4, -0.2) is 37.7 Å². The summed E-state index contributed by atoms with van der Waals surface area (Å²) in [6.07, 6.45) is 4.31. The van der Waals surface area contributed by atoms with Crippen LogP contribution in [-0.2, 0) is 4.74 Å². The van der Waals surface area contributed by atoms with Crippen LogP contribution in [0.5, 0.6) is 11.5 Å². The fraction of sp³-hybridized carbons (Fsp3) is 0.185. The highest BCUT2D eigenvalue weighted by Crippen LogP contribution is 2.44. The molecule has 6 heteroatoms. The Balaban J connectivity index is 1.29. The number of carbonyl (C=O) groups excluding carboxylic acids is 2. The van der Waals surface area contributed by atoms with E-state index in [0.717, 1.165) is 0 Å². The lowest BCUT2D eigenvalue weighted by molar-refractivity contribution is 0.112. The lowest BCUT2D eigenvalue weighted by Gasteiger charge is -2.14. The highest BCUT2D eigenvalue weighted by molar-refractivity contribution is 5.83. The van der Waals surface area contributed by atoms with Gasteiger partial charge in [-0.2, -0.15) is 0 Å². The monoisotopic (exact) mass is 443 g/mol. The average Bonchev–Trinajstić information content (AvgIpc) is 3.16. The van der Waals surface area contributed by atoms with Gasteiger partial charge in [-0.3, -0.25) is 4.79 Å². The molecule has 0 fully saturated rings. The van der Waals surface area contributed by atoms with Gasteiger partial charge in [0.2, 0.25) is 0 Å². The number of amides is 1. The van der Waals surface area contributed by atoms with Crippen LogP contribution in [0, 0.1) is 0 Å². The summed E-state index contributed by atoms with van der Waals surface area (Å²) < 4.78 is 10.5. The number of carbonyl (C=O) groups is 2. The number of alkyl carbamates (subject to hydrolysis) is 1. The largest absolute Gasteiger partial charge is 0.504 e. The van der Waals surface area contributed by atoms with E-state index in [1.807, 2.05) is 30.3 Å². The van der Waals surface area contributed by atoms with E-state index in [1.165, 1.54) is 41.5 Å². The third-order valence-electron chi connectivity index (χ3n) is 5.73. The molecule has 2 N–H and O–H groups in total. The third-order valence-corrected chi connectivity index (χ3v) is 5.73. The van der Waals surface area contributed by atoms with Crippen molar-refractivity contribution < 1.29 is 24.2 Å². The van der Waals surface area contributed by atoms with E-state index in [4.69, 9.17) is 9.47 Å². The Hall–Kier alpha value is -4.06. The maximum atomic E-state index is 12.2. The van der Waals surface area contributed by atoms with Gasteiger partial charge in [-0.1, -0.05) is 60.7 Å². The number of rotatable bonds is 8. The molecular weight excluding hydrogens is 418 g/mol. The van der Waals surface area contributed by atoms with Crippen molar-refractivity contribution >= 4 is 18.5 Å². The Morgan fingerprint density at radius 1 is 1.03 bits per heavy atom. The van der Waals surface area contributed by atoms with Crippen LogP contribution in [0.15, 0.2) is 66.7 Å². The quantitative estimate of drug-likeness (QED) is 0.371. The second-order valence-corrected chi connectivity index (χ2v) is 7.71. The van der Waals surface area contributed by atoms with Crippen LogP contribution in [0.25, 0.3) is 17.2 Å².